The first-order valence-corrected chi connectivity index (χ1v) is 8.48. The summed E-state index contributed by atoms with van der Waals surface area (Å²) in [6.07, 6.45) is 0.739. The van der Waals surface area contributed by atoms with Crippen LogP contribution in [-0.4, -0.2) is 19.7 Å². The van der Waals surface area contributed by atoms with E-state index >= 15 is 0 Å². The van der Waals surface area contributed by atoms with Crippen LogP contribution in [0.5, 0.6) is 5.75 Å². The fourth-order valence-electron chi connectivity index (χ4n) is 2.87. The summed E-state index contributed by atoms with van der Waals surface area (Å²) in [6, 6.07) is 14.7. The van der Waals surface area contributed by atoms with E-state index < -0.39 is 0 Å². The van der Waals surface area contributed by atoms with E-state index in [9.17, 15) is 9.59 Å². The van der Waals surface area contributed by atoms with Gasteiger partial charge in [0.15, 0.2) is 0 Å². The van der Waals surface area contributed by atoms with Crippen molar-refractivity contribution in [3.63, 3.8) is 0 Å². The Hall–Kier alpha value is -3.08. The summed E-state index contributed by atoms with van der Waals surface area (Å²) in [5, 5.41) is 1.37. The number of fused-ring (bicyclic) bond motifs is 1. The highest BCUT2D eigenvalue weighted by atomic mass is 16.5. The van der Waals surface area contributed by atoms with Gasteiger partial charge in [0.25, 0.3) is 0 Å². The topological polar surface area (TPSA) is 65.7 Å². The maximum absolute atomic E-state index is 12.2. The zero-order chi connectivity index (χ0) is 18.5. The predicted molar refractivity (Wildman–Crippen MR) is 99.4 cm³/mol. The second-order valence-corrected chi connectivity index (χ2v) is 5.82. The summed E-state index contributed by atoms with van der Waals surface area (Å²) < 4.78 is 15.8. The summed E-state index contributed by atoms with van der Waals surface area (Å²) in [6.45, 7) is 2.14. The number of carbonyl (C=O) groups is 1. The fraction of sp³-hybridized carbons (Fsp3) is 0.238. The molecule has 1 heterocycles. The van der Waals surface area contributed by atoms with Crippen molar-refractivity contribution in [3.05, 3.63) is 64.5 Å². The molecule has 0 fully saturated rings. The van der Waals surface area contributed by atoms with Gasteiger partial charge >= 0.3 is 11.6 Å². The van der Waals surface area contributed by atoms with Crippen LogP contribution in [0.3, 0.4) is 0 Å². The lowest BCUT2D eigenvalue weighted by atomic mass is 10.0. The maximum atomic E-state index is 12.2. The Balaban J connectivity index is 1.97. The highest BCUT2D eigenvalue weighted by Crippen LogP contribution is 2.28. The molecule has 0 atom stereocenters. The molecule has 26 heavy (non-hydrogen) atoms. The molecular weight excluding hydrogens is 332 g/mol. The van der Waals surface area contributed by atoms with Crippen molar-refractivity contribution in [2.24, 2.45) is 0 Å². The molecule has 0 spiro atoms. The molecule has 0 N–H and O–H groups in total. The van der Waals surface area contributed by atoms with Crippen LogP contribution in [0.15, 0.2) is 57.7 Å². The molecule has 0 unspecified atom stereocenters. The summed E-state index contributed by atoms with van der Waals surface area (Å²) >= 11 is 0. The minimum Gasteiger partial charge on any atom is -0.496 e. The zero-order valence-corrected chi connectivity index (χ0v) is 14.8. The van der Waals surface area contributed by atoms with Crippen LogP contribution in [-0.2, 0) is 16.0 Å². The van der Waals surface area contributed by atoms with Crippen molar-refractivity contribution in [1.82, 2.24) is 0 Å². The van der Waals surface area contributed by atoms with Crippen LogP contribution in [0.1, 0.15) is 18.9 Å². The Kier molecular flexibility index (Phi) is 5.37. The van der Waals surface area contributed by atoms with E-state index in [0.717, 1.165) is 16.5 Å². The third kappa shape index (κ3) is 3.77. The van der Waals surface area contributed by atoms with Crippen molar-refractivity contribution in [1.29, 1.82) is 0 Å². The first kappa shape index (κ1) is 17.7. The van der Waals surface area contributed by atoms with E-state index in [0.29, 0.717) is 29.9 Å². The van der Waals surface area contributed by atoms with Gasteiger partial charge in [-0.25, -0.2) is 4.79 Å². The monoisotopic (exact) mass is 352 g/mol. The Morgan fingerprint density at radius 2 is 1.92 bits per heavy atom. The molecule has 134 valence electrons. The fourth-order valence-corrected chi connectivity index (χ4v) is 2.87. The van der Waals surface area contributed by atoms with Crippen LogP contribution >= 0.6 is 0 Å². The van der Waals surface area contributed by atoms with Gasteiger partial charge in [0, 0.05) is 12.0 Å². The molecule has 3 rings (SSSR count). The Labute approximate surface area is 151 Å². The van der Waals surface area contributed by atoms with E-state index in [-0.39, 0.29) is 18.0 Å². The van der Waals surface area contributed by atoms with Crippen LogP contribution < -0.4 is 10.4 Å². The number of ether oxygens (including phenoxy) is 2. The molecule has 1 aromatic heterocycles. The second kappa shape index (κ2) is 7.87. The molecule has 0 saturated heterocycles. The molecule has 0 saturated carbocycles. The molecule has 0 bridgehead atoms. The predicted octanol–water partition coefficient (Wildman–Crippen LogP) is 3.96. The summed E-state index contributed by atoms with van der Waals surface area (Å²) in [5.74, 6) is 0.909. The lowest BCUT2D eigenvalue weighted by molar-refractivity contribution is -0.143. The van der Waals surface area contributed by atoms with Gasteiger partial charge in [-0.1, -0.05) is 18.2 Å². The first-order valence-electron chi connectivity index (χ1n) is 8.48. The van der Waals surface area contributed by atoms with Gasteiger partial charge in [-0.3, -0.25) is 4.79 Å². The van der Waals surface area contributed by atoms with Crippen molar-refractivity contribution >= 4 is 16.7 Å². The molecule has 2 aromatic carbocycles. The second-order valence-electron chi connectivity index (χ2n) is 5.82. The molecule has 0 amide bonds. The van der Waals surface area contributed by atoms with E-state index in [2.05, 4.69) is 0 Å². The lowest BCUT2D eigenvalue weighted by Crippen LogP contribution is -2.06. The Bertz CT molecular complexity index is 987. The average molecular weight is 352 g/mol. The number of esters is 1. The van der Waals surface area contributed by atoms with Crippen LogP contribution in [0.4, 0.5) is 0 Å². The molecule has 3 aromatic rings. The van der Waals surface area contributed by atoms with E-state index in [1.807, 2.05) is 36.4 Å². The SMILES string of the molecule is CCOC(=O)CCc1cc(-c2cc3ccccc3c(=O)o2)ccc1OC. The number of aryl methyl sites for hydroxylation is 1. The van der Waals surface area contributed by atoms with Crippen molar-refractivity contribution in [3.8, 4) is 17.1 Å². The standard InChI is InChI=1S/C21H20O5/c1-3-25-20(22)11-9-15-12-16(8-10-18(15)24-2)19-13-14-6-4-5-7-17(14)21(23)26-19/h4-8,10,12-13H,3,9,11H2,1-2H3. The molecule has 0 aliphatic carbocycles. The molecule has 0 aliphatic heterocycles. The molecule has 0 aliphatic rings. The smallest absolute Gasteiger partial charge is 0.344 e. The molecule has 0 radical (unpaired) electrons. The number of rotatable bonds is 6. The minimum atomic E-state index is -0.373. The van der Waals surface area contributed by atoms with Gasteiger partial charge in [-0.15, -0.1) is 0 Å². The van der Waals surface area contributed by atoms with E-state index in [1.54, 1.807) is 26.2 Å². The van der Waals surface area contributed by atoms with E-state index in [1.165, 1.54) is 0 Å². The summed E-state index contributed by atoms with van der Waals surface area (Å²) in [4.78, 5) is 23.9. The third-order valence-corrected chi connectivity index (χ3v) is 4.14. The number of benzene rings is 2. The number of hydrogen-bond donors (Lipinski definition) is 0. The lowest BCUT2D eigenvalue weighted by Gasteiger charge is -2.11. The van der Waals surface area contributed by atoms with Crippen molar-refractivity contribution in [2.45, 2.75) is 19.8 Å². The molecule has 5 nitrogen and oxygen atoms in total. The maximum Gasteiger partial charge on any atom is 0.344 e. The number of methoxy groups -OCH3 is 1. The van der Waals surface area contributed by atoms with Gasteiger partial charge in [-0.2, -0.15) is 0 Å². The van der Waals surface area contributed by atoms with Crippen molar-refractivity contribution in [2.75, 3.05) is 13.7 Å². The molecular formula is C21H20O5. The normalized spacial score (nSPS) is 10.7. The minimum absolute atomic E-state index is 0.253. The Morgan fingerprint density at radius 1 is 1.12 bits per heavy atom. The summed E-state index contributed by atoms with van der Waals surface area (Å²) in [7, 11) is 1.58. The van der Waals surface area contributed by atoms with Gasteiger partial charge < -0.3 is 13.9 Å². The van der Waals surface area contributed by atoms with Crippen LogP contribution in [0, 0.1) is 0 Å². The highest BCUT2D eigenvalue weighted by Gasteiger charge is 2.12. The summed E-state index contributed by atoms with van der Waals surface area (Å²) in [5.41, 5.74) is 1.24. The zero-order valence-electron chi connectivity index (χ0n) is 14.8. The highest BCUT2D eigenvalue weighted by molar-refractivity contribution is 5.84. The first-order chi connectivity index (χ1) is 12.6. The third-order valence-electron chi connectivity index (χ3n) is 4.14. The largest absolute Gasteiger partial charge is 0.496 e. The van der Waals surface area contributed by atoms with Crippen LogP contribution in [0.2, 0.25) is 0 Å². The number of carbonyl (C=O) groups excluding carboxylic acids is 1. The van der Waals surface area contributed by atoms with Gasteiger partial charge in [0.2, 0.25) is 0 Å². The average Bonchev–Trinajstić information content (AvgIpc) is 2.66. The van der Waals surface area contributed by atoms with E-state index in [4.69, 9.17) is 13.9 Å². The number of hydrogen-bond acceptors (Lipinski definition) is 5. The van der Waals surface area contributed by atoms with Gasteiger partial charge in [0.05, 0.1) is 19.1 Å². The van der Waals surface area contributed by atoms with Crippen LogP contribution in [0.25, 0.3) is 22.1 Å². The van der Waals surface area contributed by atoms with Gasteiger partial charge in [-0.05, 0) is 54.6 Å². The molecule has 5 heteroatoms. The van der Waals surface area contributed by atoms with Crippen molar-refractivity contribution < 1.29 is 18.7 Å². The quantitative estimate of drug-likeness (QED) is 0.628. The van der Waals surface area contributed by atoms with Gasteiger partial charge in [0.1, 0.15) is 11.5 Å². The Morgan fingerprint density at radius 3 is 2.69 bits per heavy atom.